The highest BCUT2D eigenvalue weighted by molar-refractivity contribution is 7.86. The van der Waals surface area contributed by atoms with Gasteiger partial charge in [-0.1, -0.05) is 24.3 Å². The van der Waals surface area contributed by atoms with E-state index in [9.17, 15) is 107 Å². The molecule has 0 saturated heterocycles. The Morgan fingerprint density at radius 1 is 0.366 bits per heavy atom. The Balaban J connectivity index is 0.000000267. The number of nitrogens with one attached hydrogen (secondary N) is 5. The van der Waals surface area contributed by atoms with Gasteiger partial charge in [-0.2, -0.15) is 33.7 Å². The highest BCUT2D eigenvalue weighted by Gasteiger charge is 2.24. The van der Waals surface area contributed by atoms with Gasteiger partial charge in [-0.15, -0.1) is 0 Å². The molecule has 0 radical (unpaired) electrons. The molecular weight excluding hydrogens is 1600 g/mol. The normalized spacial score (nSPS) is 11.0. The lowest BCUT2D eigenvalue weighted by Crippen LogP contribution is -2.32. The maximum Gasteiger partial charge on any atom is 0.412 e. The van der Waals surface area contributed by atoms with Crippen molar-refractivity contribution in [2.75, 3.05) is 70.0 Å². The second-order valence-corrected chi connectivity index (χ2v) is 28.2. The minimum atomic E-state index is -4.27. The highest BCUT2D eigenvalue weighted by Crippen LogP contribution is 2.34. The van der Waals surface area contributed by atoms with Crippen LogP contribution in [0.3, 0.4) is 0 Å². The van der Waals surface area contributed by atoms with Gasteiger partial charge in [0.25, 0.3) is 52.3 Å². The van der Waals surface area contributed by atoms with Gasteiger partial charge in [0.15, 0.2) is 0 Å². The summed E-state index contributed by atoms with van der Waals surface area (Å²) in [5.74, 6) is -13.6. The Hall–Kier alpha value is -12.2. The van der Waals surface area contributed by atoms with Crippen LogP contribution in [0.2, 0.25) is 0 Å². The smallest absolute Gasteiger partial charge is 0.412 e. The molecule has 0 spiro atoms. The third-order valence-electron chi connectivity index (χ3n) is 13.9. The summed E-state index contributed by atoms with van der Waals surface area (Å²) in [6.07, 6.45) is -4.33. The average molecular weight is 1660 g/mol. The fraction of sp³-hybridized carbons (Fsp3) is 0.176. The molecule has 32 nitrogen and oxygen atoms in total. The summed E-state index contributed by atoms with van der Waals surface area (Å²) in [4.78, 5) is 94.9. The number of ether oxygens (including phenoxy) is 6. The Bertz CT molecular complexity index is 5180. The van der Waals surface area contributed by atoms with Gasteiger partial charge in [0.1, 0.15) is 80.7 Å². The highest BCUT2D eigenvalue weighted by atomic mass is 32.2. The first-order valence-corrected chi connectivity index (χ1v) is 37.6. The maximum absolute atomic E-state index is 14.0. The van der Waals surface area contributed by atoms with E-state index in [1.54, 1.807) is 6.92 Å². The summed E-state index contributed by atoms with van der Waals surface area (Å²) in [6.45, 7) is -0.110. The molecule has 0 aliphatic carbocycles. The third kappa shape index (κ3) is 30.0. The lowest BCUT2D eigenvalue weighted by Gasteiger charge is -2.12. The number of rotatable bonds is 25. The summed E-state index contributed by atoms with van der Waals surface area (Å²) < 4.78 is 257. The number of benzene rings is 8. The van der Waals surface area contributed by atoms with E-state index in [1.807, 2.05) is 0 Å². The zero-order valence-corrected chi connectivity index (χ0v) is 61.0. The number of carbonyl (C=O) groups excluding carboxylic acids is 8. The van der Waals surface area contributed by atoms with Crippen LogP contribution in [0.4, 0.5) is 54.3 Å². The van der Waals surface area contributed by atoms with Crippen molar-refractivity contribution in [2.45, 2.75) is 6.92 Å². The Kier molecular flexibility index (Phi) is 33.1. The number of carbonyl (C=O) groups is 8. The quantitative estimate of drug-likeness (QED) is 0.0145. The number of amides is 6. The number of esters is 2. The summed E-state index contributed by atoms with van der Waals surface area (Å²) in [5, 5.41) is 10.7. The standard InChI is InChI=1S/C18H17F2NO7S.C17H16F2N2O6S.C17H15F2NO7S.C16H14F2N2O6S/c1-2-27-17(22)14-9-11(13-5-4-12(19)10-15(13)20)3-6-16(14)28-18(23)21-7-8-29(24,25)26;1-20-16(22)13-8-10(12-4-3-11(18)9-14(12)19)2-5-15(13)27-17(23)21-6-7-28(24,25)26;1-26-16(21)13-8-10(12-4-3-11(18)9-14(12)19)2-5-15(13)27-17(22)20-6-7-28(23,24)25;17-10-2-3-11(13(18)8-10)9-1-4-14(12(7-9)15(19)21)26-16(22)20-5-6-27(23,24)25/h3-6,9-10H,2,7-8H2,1H3,(H,21,23)(H,24,25,26);2-5,8-9H,6-7H2,1H3,(H,20,22)(H,21,23)(H,24,25,26);2-5,8-9H,6-7H2,1H3,(H,20,22)(H,23,24,25);1-4,7-8H,5-6H2,(H2,19,21)(H,20,22)(H,23,24,25). The molecule has 0 fully saturated rings. The Labute approximate surface area is 630 Å². The van der Waals surface area contributed by atoms with E-state index in [4.69, 9.17) is 47.6 Å². The number of methoxy groups -OCH3 is 1. The van der Waals surface area contributed by atoms with E-state index in [2.05, 4.69) is 31.3 Å². The summed E-state index contributed by atoms with van der Waals surface area (Å²) >= 11 is 0. The molecule has 6 amide bonds. The molecule has 0 aliphatic heterocycles. The van der Waals surface area contributed by atoms with Gasteiger partial charge in [-0.3, -0.25) is 27.8 Å². The molecule has 0 heterocycles. The zero-order valence-electron chi connectivity index (χ0n) is 57.7. The van der Waals surface area contributed by atoms with Gasteiger partial charge in [-0.05, 0) is 126 Å². The molecule has 0 bridgehead atoms. The first-order valence-electron chi connectivity index (χ1n) is 31.2. The molecule has 11 N–H and O–H groups in total. The first-order chi connectivity index (χ1) is 52.4. The Morgan fingerprint density at radius 3 is 0.857 bits per heavy atom. The minimum absolute atomic E-state index is 0.00283. The van der Waals surface area contributed by atoms with E-state index < -0.39 is 184 Å². The predicted molar refractivity (Wildman–Crippen MR) is 378 cm³/mol. The van der Waals surface area contributed by atoms with Crippen molar-refractivity contribution in [3.8, 4) is 67.5 Å². The second kappa shape index (κ2) is 41.0. The number of halogens is 8. The molecule has 8 aromatic rings. The minimum Gasteiger partial charge on any atom is -0.465 e. The number of hydrogen-bond donors (Lipinski definition) is 10. The van der Waals surface area contributed by atoms with Crippen molar-refractivity contribution in [1.29, 1.82) is 0 Å². The van der Waals surface area contributed by atoms with Crippen molar-refractivity contribution >= 4 is 88.6 Å². The van der Waals surface area contributed by atoms with Crippen molar-refractivity contribution < 1.29 is 154 Å². The van der Waals surface area contributed by atoms with E-state index >= 15 is 0 Å². The van der Waals surface area contributed by atoms with Crippen LogP contribution in [0.1, 0.15) is 48.4 Å². The summed E-state index contributed by atoms with van der Waals surface area (Å²) in [5.41, 5.74) is 5.40. The largest absolute Gasteiger partial charge is 0.465 e. The molecule has 44 heteroatoms. The third-order valence-corrected chi connectivity index (χ3v) is 16.7. The van der Waals surface area contributed by atoms with Crippen LogP contribution in [-0.4, -0.2) is 170 Å². The van der Waals surface area contributed by atoms with Crippen LogP contribution < -0.4 is 51.3 Å². The van der Waals surface area contributed by atoms with Gasteiger partial charge in [0.2, 0.25) is 0 Å². The van der Waals surface area contributed by atoms with E-state index in [-0.39, 0.29) is 96.4 Å². The van der Waals surface area contributed by atoms with Crippen LogP contribution in [0, 0.1) is 46.5 Å². The van der Waals surface area contributed by atoms with Gasteiger partial charge in [0, 0.05) is 79.7 Å². The SMILES string of the molecule is CCOC(=O)c1cc(-c2ccc(F)cc2F)ccc1OC(=O)NCCS(=O)(=O)O.CNC(=O)c1cc(-c2ccc(F)cc2F)ccc1OC(=O)NCCS(=O)(=O)O.COC(=O)c1cc(-c2ccc(F)cc2F)ccc1OC(=O)NCCS(=O)(=O)O.NC(=O)c1cc(-c2ccc(F)cc2F)ccc1OC(=O)NCCS(=O)(=O)O. The predicted octanol–water partition coefficient (Wildman–Crippen LogP) is 8.85. The lowest BCUT2D eigenvalue weighted by atomic mass is 10.0. The summed E-state index contributed by atoms with van der Waals surface area (Å²) in [6, 6.07) is 26.7. The number of primary amides is 1. The van der Waals surface area contributed by atoms with Gasteiger partial charge < -0.3 is 60.7 Å². The summed E-state index contributed by atoms with van der Waals surface area (Å²) in [7, 11) is -14.6. The zero-order chi connectivity index (χ0) is 83.6. The molecular formula is C68H62F8N6O26S4. The van der Waals surface area contributed by atoms with Crippen molar-refractivity contribution in [3.63, 3.8) is 0 Å². The van der Waals surface area contributed by atoms with Crippen molar-refractivity contribution in [2.24, 2.45) is 5.73 Å². The molecule has 8 rings (SSSR count). The fourth-order valence-electron chi connectivity index (χ4n) is 8.86. The molecule has 0 aliphatic rings. The van der Waals surface area contributed by atoms with Crippen molar-refractivity contribution in [1.82, 2.24) is 26.6 Å². The molecule has 8 aromatic carbocycles. The molecule has 0 aromatic heterocycles. The van der Waals surface area contributed by atoms with Crippen molar-refractivity contribution in [3.05, 3.63) is 214 Å². The van der Waals surface area contributed by atoms with Crippen LogP contribution in [-0.2, 0) is 49.9 Å². The monoisotopic (exact) mass is 1660 g/mol. The second-order valence-electron chi connectivity index (χ2n) is 21.9. The average Bonchev–Trinajstić information content (AvgIpc) is 0.825. The van der Waals surface area contributed by atoms with Gasteiger partial charge in [-0.25, -0.2) is 63.9 Å². The van der Waals surface area contributed by atoms with Crippen LogP contribution in [0.25, 0.3) is 44.5 Å². The number of nitrogens with two attached hydrogens (primary N) is 1. The first kappa shape index (κ1) is 90.4. The van der Waals surface area contributed by atoms with Crippen LogP contribution >= 0.6 is 0 Å². The van der Waals surface area contributed by atoms with Crippen LogP contribution in [0.5, 0.6) is 23.0 Å². The number of hydrogen-bond acceptors (Lipinski definition) is 22. The molecule has 0 unspecified atom stereocenters. The molecule has 600 valence electrons. The topological polar surface area (TPSA) is 496 Å². The van der Waals surface area contributed by atoms with E-state index in [0.29, 0.717) is 24.3 Å². The maximum atomic E-state index is 14.0. The van der Waals surface area contributed by atoms with Crippen LogP contribution in [0.15, 0.2) is 146 Å². The van der Waals surface area contributed by atoms with E-state index in [0.717, 1.165) is 31.4 Å². The van der Waals surface area contributed by atoms with Gasteiger partial charge >= 0.3 is 36.3 Å². The van der Waals surface area contributed by atoms with Gasteiger partial charge in [0.05, 0.1) is 47.9 Å². The molecule has 112 heavy (non-hydrogen) atoms. The molecule has 0 saturated carbocycles. The lowest BCUT2D eigenvalue weighted by molar-refractivity contribution is 0.0521. The van der Waals surface area contributed by atoms with E-state index in [1.165, 1.54) is 104 Å². The fourth-order valence-corrected chi connectivity index (χ4v) is 10.3. The molecule has 0 atom stereocenters. The Morgan fingerprint density at radius 2 is 0.616 bits per heavy atom.